The molecule has 1 aliphatic heterocycles. The number of hydrogen-bond acceptors (Lipinski definition) is 5. The lowest BCUT2D eigenvalue weighted by molar-refractivity contribution is -0.266. The SMILES string of the molecule is C=CC[C@@H](O[Si](C)(C)C)C1(COCc2ccc(OC)cc2)COC(C)(C)CO1. The second kappa shape index (κ2) is 9.54. The summed E-state index contributed by atoms with van der Waals surface area (Å²) in [6.45, 7) is 16.4. The summed E-state index contributed by atoms with van der Waals surface area (Å²) >= 11 is 0. The smallest absolute Gasteiger partial charge is 0.184 e. The third kappa shape index (κ3) is 6.71. The normalized spacial score (nSPS) is 23.2. The van der Waals surface area contributed by atoms with E-state index >= 15 is 0 Å². The molecule has 1 fully saturated rings. The molecule has 1 saturated heterocycles. The van der Waals surface area contributed by atoms with Crippen LogP contribution in [0.5, 0.6) is 5.75 Å². The second-order valence-electron chi connectivity index (χ2n) is 8.99. The summed E-state index contributed by atoms with van der Waals surface area (Å²) in [5.74, 6) is 0.834. The topological polar surface area (TPSA) is 46.2 Å². The maximum atomic E-state index is 6.49. The van der Waals surface area contributed by atoms with Crippen LogP contribution in [-0.2, 0) is 25.2 Å². The van der Waals surface area contributed by atoms with Gasteiger partial charge in [0.2, 0.25) is 0 Å². The molecule has 0 aromatic heterocycles. The quantitative estimate of drug-likeness (QED) is 0.419. The zero-order valence-electron chi connectivity index (χ0n) is 18.2. The third-order valence-corrected chi connectivity index (χ3v) is 5.64. The van der Waals surface area contributed by atoms with Crippen molar-refractivity contribution in [3.63, 3.8) is 0 Å². The standard InChI is InChI=1S/C22H36O5Si/c1-8-9-20(27-28(5,6)7)22(17-25-21(2,3)15-26-22)16-24-14-18-10-12-19(23-4)13-11-18/h8,10-13,20H,1,9,14-17H2,2-7H3/t20-,22?/m1/s1. The van der Waals surface area contributed by atoms with Gasteiger partial charge in [0.15, 0.2) is 8.32 Å². The van der Waals surface area contributed by atoms with Gasteiger partial charge in [-0.05, 0) is 57.6 Å². The van der Waals surface area contributed by atoms with Gasteiger partial charge in [0.25, 0.3) is 0 Å². The van der Waals surface area contributed by atoms with Crippen LogP contribution in [0.3, 0.4) is 0 Å². The molecule has 0 bridgehead atoms. The van der Waals surface area contributed by atoms with Crippen LogP contribution in [0.4, 0.5) is 0 Å². The molecule has 1 aromatic carbocycles. The average Bonchev–Trinajstić information content (AvgIpc) is 2.62. The molecule has 1 unspecified atom stereocenters. The van der Waals surface area contributed by atoms with Gasteiger partial charge in [0.1, 0.15) is 11.4 Å². The van der Waals surface area contributed by atoms with Crippen LogP contribution in [0.1, 0.15) is 25.8 Å². The van der Waals surface area contributed by atoms with E-state index in [9.17, 15) is 0 Å². The molecule has 0 N–H and O–H groups in total. The summed E-state index contributed by atoms with van der Waals surface area (Å²) in [5.41, 5.74) is 0.132. The van der Waals surface area contributed by atoms with Crippen LogP contribution in [-0.4, -0.2) is 52.6 Å². The molecule has 6 heteroatoms. The number of ether oxygens (including phenoxy) is 4. The van der Waals surface area contributed by atoms with Crippen molar-refractivity contribution in [1.29, 1.82) is 0 Å². The Kier molecular flexibility index (Phi) is 7.87. The van der Waals surface area contributed by atoms with Gasteiger partial charge in [-0.15, -0.1) is 6.58 Å². The molecule has 0 saturated carbocycles. The van der Waals surface area contributed by atoms with E-state index in [-0.39, 0.29) is 11.7 Å². The van der Waals surface area contributed by atoms with Gasteiger partial charge in [0, 0.05) is 0 Å². The summed E-state index contributed by atoms with van der Waals surface area (Å²) in [6, 6.07) is 7.89. The Morgan fingerprint density at radius 2 is 1.82 bits per heavy atom. The van der Waals surface area contributed by atoms with Gasteiger partial charge in [-0.25, -0.2) is 0 Å². The first-order valence-corrected chi connectivity index (χ1v) is 13.3. The second-order valence-corrected chi connectivity index (χ2v) is 13.4. The van der Waals surface area contributed by atoms with Crippen molar-refractivity contribution < 1.29 is 23.4 Å². The Morgan fingerprint density at radius 1 is 1.14 bits per heavy atom. The molecule has 0 amide bonds. The summed E-state index contributed by atoms with van der Waals surface area (Å²) < 4.78 is 30.3. The molecule has 1 aromatic rings. The number of rotatable bonds is 10. The van der Waals surface area contributed by atoms with Gasteiger partial charge in [-0.1, -0.05) is 18.2 Å². The van der Waals surface area contributed by atoms with Crippen LogP contribution < -0.4 is 4.74 Å². The largest absolute Gasteiger partial charge is 0.497 e. The maximum absolute atomic E-state index is 6.49. The molecule has 28 heavy (non-hydrogen) atoms. The number of benzene rings is 1. The fraction of sp³-hybridized carbons (Fsp3) is 0.636. The molecular formula is C22H36O5Si. The Labute approximate surface area is 171 Å². The minimum absolute atomic E-state index is 0.149. The van der Waals surface area contributed by atoms with Crippen LogP contribution in [0.25, 0.3) is 0 Å². The summed E-state index contributed by atoms with van der Waals surface area (Å²) in [5, 5.41) is 0. The Balaban J connectivity index is 2.11. The molecule has 0 radical (unpaired) electrons. The Bertz CT molecular complexity index is 611. The first-order valence-electron chi connectivity index (χ1n) is 9.86. The van der Waals surface area contributed by atoms with E-state index < -0.39 is 13.9 Å². The van der Waals surface area contributed by atoms with Gasteiger partial charge in [0.05, 0.1) is 45.2 Å². The van der Waals surface area contributed by atoms with Crippen molar-refractivity contribution in [1.82, 2.24) is 0 Å². The molecular weight excluding hydrogens is 372 g/mol. The molecule has 0 spiro atoms. The van der Waals surface area contributed by atoms with Crippen molar-refractivity contribution in [2.24, 2.45) is 0 Å². The summed E-state index contributed by atoms with van der Waals surface area (Å²) in [4.78, 5) is 0. The van der Waals surface area contributed by atoms with E-state index in [2.05, 4.69) is 26.2 Å². The predicted octanol–water partition coefficient (Wildman–Crippen LogP) is 4.57. The average molecular weight is 409 g/mol. The van der Waals surface area contributed by atoms with E-state index in [1.54, 1.807) is 7.11 Å². The summed E-state index contributed by atoms with van der Waals surface area (Å²) in [7, 11) is -0.129. The minimum atomic E-state index is -1.79. The maximum Gasteiger partial charge on any atom is 0.184 e. The van der Waals surface area contributed by atoms with E-state index in [4.69, 9.17) is 23.4 Å². The zero-order chi connectivity index (χ0) is 20.8. The number of hydrogen-bond donors (Lipinski definition) is 0. The first-order chi connectivity index (χ1) is 13.1. The number of methoxy groups -OCH3 is 1. The highest BCUT2D eigenvalue weighted by atomic mass is 28.4. The fourth-order valence-electron chi connectivity index (χ4n) is 3.09. The van der Waals surface area contributed by atoms with Gasteiger partial charge in [-0.2, -0.15) is 0 Å². The molecule has 5 nitrogen and oxygen atoms in total. The monoisotopic (exact) mass is 408 g/mol. The lowest BCUT2D eigenvalue weighted by Gasteiger charge is -2.48. The predicted molar refractivity (Wildman–Crippen MR) is 114 cm³/mol. The van der Waals surface area contributed by atoms with E-state index in [0.29, 0.717) is 32.8 Å². The lowest BCUT2D eigenvalue weighted by atomic mass is 9.93. The molecule has 158 valence electrons. The van der Waals surface area contributed by atoms with Crippen LogP contribution in [0, 0.1) is 0 Å². The van der Waals surface area contributed by atoms with Crippen molar-refractivity contribution in [2.75, 3.05) is 26.9 Å². The first kappa shape index (κ1) is 23.1. The van der Waals surface area contributed by atoms with Crippen molar-refractivity contribution >= 4 is 8.32 Å². The Morgan fingerprint density at radius 3 is 2.32 bits per heavy atom. The highest BCUT2D eigenvalue weighted by Gasteiger charge is 2.48. The van der Waals surface area contributed by atoms with Crippen LogP contribution in [0.2, 0.25) is 19.6 Å². The summed E-state index contributed by atoms with van der Waals surface area (Å²) in [6.07, 6.45) is 2.43. The van der Waals surface area contributed by atoms with Crippen LogP contribution >= 0.6 is 0 Å². The lowest BCUT2D eigenvalue weighted by Crippen LogP contribution is -2.61. The molecule has 0 aliphatic carbocycles. The van der Waals surface area contributed by atoms with E-state index in [0.717, 1.165) is 11.3 Å². The van der Waals surface area contributed by atoms with Gasteiger partial charge < -0.3 is 23.4 Å². The van der Waals surface area contributed by atoms with E-state index in [1.165, 1.54) is 0 Å². The van der Waals surface area contributed by atoms with Crippen molar-refractivity contribution in [2.45, 2.75) is 63.8 Å². The van der Waals surface area contributed by atoms with Crippen LogP contribution in [0.15, 0.2) is 36.9 Å². The molecule has 1 aliphatic rings. The van der Waals surface area contributed by atoms with Crippen molar-refractivity contribution in [3.8, 4) is 5.75 Å². The molecule has 1 heterocycles. The van der Waals surface area contributed by atoms with E-state index in [1.807, 2.05) is 44.2 Å². The minimum Gasteiger partial charge on any atom is -0.497 e. The van der Waals surface area contributed by atoms with Gasteiger partial charge in [-0.3, -0.25) is 0 Å². The third-order valence-electron chi connectivity index (χ3n) is 4.65. The highest BCUT2D eigenvalue weighted by molar-refractivity contribution is 6.69. The highest BCUT2D eigenvalue weighted by Crippen LogP contribution is 2.33. The Hall–Kier alpha value is -1.18. The zero-order valence-corrected chi connectivity index (χ0v) is 19.2. The molecule has 2 rings (SSSR count). The van der Waals surface area contributed by atoms with Crippen molar-refractivity contribution in [3.05, 3.63) is 42.5 Å². The fourth-order valence-corrected chi connectivity index (χ4v) is 4.26. The molecule has 2 atom stereocenters. The van der Waals surface area contributed by atoms with Gasteiger partial charge >= 0.3 is 0 Å².